The van der Waals surface area contributed by atoms with E-state index in [1.165, 1.54) is 7.11 Å². The molecule has 2 aliphatic heterocycles. The molecule has 8 nitrogen and oxygen atoms in total. The number of amides is 1. The van der Waals surface area contributed by atoms with Gasteiger partial charge < -0.3 is 23.8 Å². The monoisotopic (exact) mass is 385 g/mol. The van der Waals surface area contributed by atoms with Crippen molar-refractivity contribution >= 4 is 5.91 Å². The standard InChI is InChI=1S/C20H23N3O5/c1-13-18(28-16-6-4-3-5-15(16)26-13)19(24)23-11-8-14(9-12-23)27-17-7-10-21-20(22-17)25-2/h3-7,10,13-14,18H,8-9,11-12H2,1-2H3. The van der Waals surface area contributed by atoms with Gasteiger partial charge in [-0.1, -0.05) is 12.1 Å². The van der Waals surface area contributed by atoms with Gasteiger partial charge in [-0.15, -0.1) is 0 Å². The third-order valence-electron chi connectivity index (χ3n) is 4.92. The Bertz CT molecular complexity index is 838. The summed E-state index contributed by atoms with van der Waals surface area (Å²) in [6, 6.07) is 9.38. The number of likely N-dealkylation sites (tertiary alicyclic amines) is 1. The fraction of sp³-hybridized carbons (Fsp3) is 0.450. The zero-order valence-electron chi connectivity index (χ0n) is 15.9. The molecule has 0 bridgehead atoms. The lowest BCUT2D eigenvalue weighted by Crippen LogP contribution is -2.53. The first-order valence-corrected chi connectivity index (χ1v) is 9.39. The fourth-order valence-corrected chi connectivity index (χ4v) is 3.42. The Morgan fingerprint density at radius 2 is 1.86 bits per heavy atom. The SMILES string of the molecule is COc1nccc(OC2CCN(C(=O)C3Oc4ccccc4OC3C)CC2)n1. The van der Waals surface area contributed by atoms with Crippen molar-refractivity contribution < 1.29 is 23.7 Å². The Morgan fingerprint density at radius 1 is 1.14 bits per heavy atom. The van der Waals surface area contributed by atoms with Crippen molar-refractivity contribution in [3.05, 3.63) is 36.5 Å². The molecular weight excluding hydrogens is 362 g/mol. The lowest BCUT2D eigenvalue weighted by atomic mass is 10.1. The van der Waals surface area contributed by atoms with E-state index in [0.29, 0.717) is 30.5 Å². The fourth-order valence-electron chi connectivity index (χ4n) is 3.42. The van der Waals surface area contributed by atoms with E-state index in [4.69, 9.17) is 18.9 Å². The minimum Gasteiger partial charge on any atom is -0.482 e. The Balaban J connectivity index is 1.34. The molecule has 0 spiro atoms. The average Bonchev–Trinajstić information content (AvgIpc) is 2.73. The first kappa shape index (κ1) is 18.3. The van der Waals surface area contributed by atoms with Crippen LogP contribution in [-0.2, 0) is 4.79 Å². The highest BCUT2D eigenvalue weighted by Crippen LogP contribution is 2.34. The van der Waals surface area contributed by atoms with Gasteiger partial charge in [-0.2, -0.15) is 4.98 Å². The summed E-state index contributed by atoms with van der Waals surface area (Å²) in [6.07, 6.45) is 2.04. The van der Waals surface area contributed by atoms with E-state index in [0.717, 1.165) is 12.8 Å². The summed E-state index contributed by atoms with van der Waals surface area (Å²) >= 11 is 0. The number of fused-ring (bicyclic) bond motifs is 1. The molecule has 1 aromatic heterocycles. The van der Waals surface area contributed by atoms with E-state index in [-0.39, 0.29) is 24.1 Å². The Morgan fingerprint density at radius 3 is 2.57 bits per heavy atom. The molecule has 4 rings (SSSR count). The maximum atomic E-state index is 13.0. The van der Waals surface area contributed by atoms with Crippen LogP contribution >= 0.6 is 0 Å². The number of ether oxygens (including phenoxy) is 4. The van der Waals surface area contributed by atoms with Crippen LogP contribution in [0.5, 0.6) is 23.4 Å². The van der Waals surface area contributed by atoms with Crippen LogP contribution in [0.3, 0.4) is 0 Å². The van der Waals surface area contributed by atoms with E-state index in [2.05, 4.69) is 9.97 Å². The molecule has 0 N–H and O–H groups in total. The number of piperidine rings is 1. The highest BCUT2D eigenvalue weighted by atomic mass is 16.6. The number of hydrogen-bond donors (Lipinski definition) is 0. The number of methoxy groups -OCH3 is 1. The number of para-hydroxylation sites is 2. The molecule has 1 fully saturated rings. The third-order valence-corrected chi connectivity index (χ3v) is 4.92. The van der Waals surface area contributed by atoms with Gasteiger partial charge in [-0.05, 0) is 19.1 Å². The van der Waals surface area contributed by atoms with Gasteiger partial charge in [0.05, 0.1) is 7.11 Å². The summed E-state index contributed by atoms with van der Waals surface area (Å²) in [5.41, 5.74) is 0. The number of hydrogen-bond acceptors (Lipinski definition) is 7. The van der Waals surface area contributed by atoms with Crippen molar-refractivity contribution in [1.82, 2.24) is 14.9 Å². The number of carbonyl (C=O) groups is 1. The summed E-state index contributed by atoms with van der Waals surface area (Å²) in [4.78, 5) is 22.9. The minimum absolute atomic E-state index is 0.00895. The van der Waals surface area contributed by atoms with Gasteiger partial charge in [0.1, 0.15) is 12.2 Å². The molecule has 0 saturated carbocycles. The largest absolute Gasteiger partial charge is 0.482 e. The van der Waals surface area contributed by atoms with Crippen molar-refractivity contribution in [3.8, 4) is 23.4 Å². The van der Waals surface area contributed by atoms with Gasteiger partial charge >= 0.3 is 6.01 Å². The van der Waals surface area contributed by atoms with E-state index < -0.39 is 6.10 Å². The van der Waals surface area contributed by atoms with Crippen molar-refractivity contribution in [2.75, 3.05) is 20.2 Å². The van der Waals surface area contributed by atoms with Gasteiger partial charge in [0.15, 0.2) is 11.5 Å². The molecule has 2 aromatic rings. The van der Waals surface area contributed by atoms with Crippen LogP contribution in [0.1, 0.15) is 19.8 Å². The van der Waals surface area contributed by atoms with Crippen LogP contribution in [0.15, 0.2) is 36.5 Å². The average molecular weight is 385 g/mol. The second-order valence-corrected chi connectivity index (χ2v) is 6.83. The summed E-state index contributed by atoms with van der Waals surface area (Å²) in [7, 11) is 1.51. The van der Waals surface area contributed by atoms with Crippen LogP contribution in [0.4, 0.5) is 0 Å². The first-order valence-electron chi connectivity index (χ1n) is 9.39. The number of benzene rings is 1. The maximum Gasteiger partial charge on any atom is 0.319 e. The Kier molecular flexibility index (Phi) is 5.18. The quantitative estimate of drug-likeness (QED) is 0.797. The smallest absolute Gasteiger partial charge is 0.319 e. The van der Waals surface area contributed by atoms with E-state index >= 15 is 0 Å². The van der Waals surface area contributed by atoms with Crippen molar-refractivity contribution in [3.63, 3.8) is 0 Å². The molecule has 1 aromatic carbocycles. The number of rotatable bonds is 4. The second-order valence-electron chi connectivity index (χ2n) is 6.83. The molecular formula is C20H23N3O5. The molecule has 0 radical (unpaired) electrons. The van der Waals surface area contributed by atoms with Crippen molar-refractivity contribution in [1.29, 1.82) is 0 Å². The summed E-state index contributed by atoms with van der Waals surface area (Å²) in [5, 5.41) is 0. The number of carbonyl (C=O) groups excluding carboxylic acids is 1. The van der Waals surface area contributed by atoms with Crippen LogP contribution in [-0.4, -0.2) is 59.3 Å². The van der Waals surface area contributed by atoms with Crippen molar-refractivity contribution in [2.45, 2.75) is 38.1 Å². The highest BCUT2D eigenvalue weighted by molar-refractivity contribution is 5.82. The number of aromatic nitrogens is 2. The summed E-state index contributed by atoms with van der Waals surface area (Å²) < 4.78 is 22.7. The van der Waals surface area contributed by atoms with Crippen LogP contribution in [0.2, 0.25) is 0 Å². The summed E-state index contributed by atoms with van der Waals surface area (Å²) in [5.74, 6) is 1.70. The minimum atomic E-state index is -0.640. The van der Waals surface area contributed by atoms with Crippen LogP contribution in [0, 0.1) is 0 Å². The van der Waals surface area contributed by atoms with Gasteiger partial charge in [-0.3, -0.25) is 4.79 Å². The maximum absolute atomic E-state index is 13.0. The molecule has 8 heteroatoms. The predicted octanol–water partition coefficient (Wildman–Crippen LogP) is 2.08. The van der Waals surface area contributed by atoms with Gasteiger partial charge in [0.25, 0.3) is 5.91 Å². The third kappa shape index (κ3) is 3.81. The topological polar surface area (TPSA) is 83.0 Å². The summed E-state index contributed by atoms with van der Waals surface area (Å²) in [6.45, 7) is 3.05. The Hall–Kier alpha value is -3.03. The first-order chi connectivity index (χ1) is 13.6. The molecule has 2 unspecified atom stereocenters. The molecule has 148 valence electrons. The highest BCUT2D eigenvalue weighted by Gasteiger charge is 2.38. The molecule has 2 aliphatic rings. The zero-order chi connectivity index (χ0) is 19.5. The zero-order valence-corrected chi connectivity index (χ0v) is 15.9. The van der Waals surface area contributed by atoms with E-state index in [1.807, 2.05) is 36.1 Å². The van der Waals surface area contributed by atoms with Gasteiger partial charge in [-0.25, -0.2) is 4.98 Å². The lowest BCUT2D eigenvalue weighted by molar-refractivity contribution is -0.146. The van der Waals surface area contributed by atoms with E-state index in [1.54, 1.807) is 12.3 Å². The van der Waals surface area contributed by atoms with Crippen molar-refractivity contribution in [2.24, 2.45) is 0 Å². The Labute approximate surface area is 163 Å². The van der Waals surface area contributed by atoms with Gasteiger partial charge in [0.2, 0.25) is 12.0 Å². The van der Waals surface area contributed by atoms with Gasteiger partial charge in [0, 0.05) is 38.2 Å². The van der Waals surface area contributed by atoms with Crippen LogP contribution < -0.4 is 18.9 Å². The molecule has 28 heavy (non-hydrogen) atoms. The van der Waals surface area contributed by atoms with E-state index in [9.17, 15) is 4.79 Å². The molecule has 1 saturated heterocycles. The molecule has 2 atom stereocenters. The lowest BCUT2D eigenvalue weighted by Gasteiger charge is -2.37. The molecule has 3 heterocycles. The predicted molar refractivity (Wildman–Crippen MR) is 99.8 cm³/mol. The normalized spacial score (nSPS) is 21.9. The second kappa shape index (κ2) is 7.92. The number of nitrogens with zero attached hydrogens (tertiary/aromatic N) is 3. The molecule has 1 amide bonds. The van der Waals surface area contributed by atoms with Crippen LogP contribution in [0.25, 0.3) is 0 Å². The molecule has 0 aliphatic carbocycles.